The van der Waals surface area contributed by atoms with Crippen molar-refractivity contribution in [3.63, 3.8) is 0 Å². The maximum absolute atomic E-state index is 12.1. The molecule has 0 radical (unpaired) electrons. The second kappa shape index (κ2) is 11.7. The highest BCUT2D eigenvalue weighted by Gasteiger charge is 2.22. The van der Waals surface area contributed by atoms with Crippen LogP contribution in [0.4, 0.5) is 0 Å². The van der Waals surface area contributed by atoms with Crippen LogP contribution in [-0.2, 0) is 20.8 Å². The Hall–Kier alpha value is -3.34. The molecule has 170 valence electrons. The summed E-state index contributed by atoms with van der Waals surface area (Å²) in [4.78, 5) is 37.1. The third-order valence-corrected chi connectivity index (χ3v) is 4.90. The molecule has 1 aliphatic rings. The average Bonchev–Trinajstić information content (AvgIpc) is 3.39. The molecule has 31 heavy (non-hydrogen) atoms. The van der Waals surface area contributed by atoms with Gasteiger partial charge in [-0.3, -0.25) is 15.0 Å². The van der Waals surface area contributed by atoms with Crippen molar-refractivity contribution in [1.29, 1.82) is 5.41 Å². The van der Waals surface area contributed by atoms with Gasteiger partial charge in [0.25, 0.3) is 0 Å². The number of furan rings is 1. The van der Waals surface area contributed by atoms with Crippen LogP contribution in [0.25, 0.3) is 0 Å². The number of carbonyl (C=O) groups excluding carboxylic acids is 2. The van der Waals surface area contributed by atoms with Gasteiger partial charge >= 0.3 is 5.97 Å². The van der Waals surface area contributed by atoms with Gasteiger partial charge in [0.1, 0.15) is 11.8 Å². The Morgan fingerprint density at radius 3 is 2.68 bits per heavy atom. The molecule has 1 aromatic rings. The third-order valence-electron chi connectivity index (χ3n) is 4.90. The van der Waals surface area contributed by atoms with Gasteiger partial charge in [0.15, 0.2) is 5.96 Å². The van der Waals surface area contributed by atoms with E-state index in [0.29, 0.717) is 44.7 Å². The van der Waals surface area contributed by atoms with E-state index in [1.165, 1.54) is 6.26 Å². The SMILES string of the molecule is N=C(N)N1CC=C(CC(N)C(=O)NCCCCC(=O)NC(Cc2ccco2)C(=O)O)C1. The minimum Gasteiger partial charge on any atom is -0.480 e. The van der Waals surface area contributed by atoms with Crippen LogP contribution in [0.5, 0.6) is 0 Å². The molecule has 0 aromatic carbocycles. The van der Waals surface area contributed by atoms with Gasteiger partial charge in [0.2, 0.25) is 11.8 Å². The molecule has 1 aromatic heterocycles. The van der Waals surface area contributed by atoms with E-state index in [2.05, 4.69) is 10.6 Å². The summed E-state index contributed by atoms with van der Waals surface area (Å²) in [6, 6.07) is 1.55. The summed E-state index contributed by atoms with van der Waals surface area (Å²) in [5.41, 5.74) is 12.3. The third kappa shape index (κ3) is 8.13. The topological polar surface area (TPSA) is 188 Å². The minimum absolute atomic E-state index is 0.0102. The van der Waals surface area contributed by atoms with Gasteiger partial charge in [-0.25, -0.2) is 4.79 Å². The number of amides is 2. The summed E-state index contributed by atoms with van der Waals surface area (Å²) in [5, 5.41) is 21.9. The van der Waals surface area contributed by atoms with Crippen molar-refractivity contribution in [3.8, 4) is 0 Å². The Morgan fingerprint density at radius 1 is 1.29 bits per heavy atom. The molecule has 0 saturated carbocycles. The van der Waals surface area contributed by atoms with Crippen LogP contribution in [0.1, 0.15) is 31.4 Å². The largest absolute Gasteiger partial charge is 0.480 e. The number of hydrogen-bond donors (Lipinski definition) is 6. The smallest absolute Gasteiger partial charge is 0.326 e. The van der Waals surface area contributed by atoms with E-state index in [1.807, 2.05) is 6.08 Å². The Morgan fingerprint density at radius 2 is 2.06 bits per heavy atom. The Bertz CT molecular complexity index is 807. The number of nitrogens with two attached hydrogens (primary N) is 2. The highest BCUT2D eigenvalue weighted by Crippen LogP contribution is 2.13. The second-order valence-corrected chi connectivity index (χ2v) is 7.43. The molecule has 2 atom stereocenters. The number of guanidine groups is 1. The molecule has 0 spiro atoms. The fourth-order valence-corrected chi connectivity index (χ4v) is 3.17. The molecule has 0 aliphatic carbocycles. The first-order valence-electron chi connectivity index (χ1n) is 10.1. The van der Waals surface area contributed by atoms with Gasteiger partial charge in [-0.15, -0.1) is 0 Å². The monoisotopic (exact) mass is 434 g/mol. The quantitative estimate of drug-likeness (QED) is 0.110. The maximum atomic E-state index is 12.1. The first-order valence-corrected chi connectivity index (χ1v) is 10.1. The molecule has 0 fully saturated rings. The van der Waals surface area contributed by atoms with E-state index in [9.17, 15) is 19.5 Å². The predicted octanol–water partition coefficient (Wildman–Crippen LogP) is -0.469. The van der Waals surface area contributed by atoms with Crippen molar-refractivity contribution >= 4 is 23.7 Å². The van der Waals surface area contributed by atoms with Crippen molar-refractivity contribution in [2.75, 3.05) is 19.6 Å². The molecule has 11 nitrogen and oxygen atoms in total. The summed E-state index contributed by atoms with van der Waals surface area (Å²) >= 11 is 0. The number of nitrogens with one attached hydrogen (secondary N) is 3. The van der Waals surface area contributed by atoms with Crippen LogP contribution < -0.4 is 22.1 Å². The summed E-state index contributed by atoms with van der Waals surface area (Å²) in [6.45, 7) is 1.42. The van der Waals surface area contributed by atoms with Crippen LogP contribution in [0.3, 0.4) is 0 Å². The van der Waals surface area contributed by atoms with Crippen molar-refractivity contribution in [1.82, 2.24) is 15.5 Å². The van der Waals surface area contributed by atoms with Crippen molar-refractivity contribution in [2.45, 2.75) is 44.2 Å². The number of unbranched alkanes of at least 4 members (excludes halogenated alkanes) is 1. The van der Waals surface area contributed by atoms with Gasteiger partial charge in [-0.2, -0.15) is 0 Å². The number of carbonyl (C=O) groups is 3. The van der Waals surface area contributed by atoms with E-state index in [4.69, 9.17) is 21.3 Å². The Labute approximate surface area is 180 Å². The number of aliphatic carboxylic acids is 1. The van der Waals surface area contributed by atoms with Crippen molar-refractivity contribution in [3.05, 3.63) is 35.8 Å². The normalized spacial score (nSPS) is 15.1. The van der Waals surface area contributed by atoms with Crippen LogP contribution in [0, 0.1) is 5.41 Å². The zero-order chi connectivity index (χ0) is 22.8. The number of hydrogen-bond acceptors (Lipinski definition) is 6. The molecule has 11 heteroatoms. The lowest BCUT2D eigenvalue weighted by Crippen LogP contribution is -2.42. The lowest BCUT2D eigenvalue weighted by Gasteiger charge is -2.17. The molecule has 0 saturated heterocycles. The van der Waals surface area contributed by atoms with Crippen molar-refractivity contribution < 1.29 is 23.9 Å². The van der Waals surface area contributed by atoms with E-state index >= 15 is 0 Å². The number of carboxylic acid groups (broad SMARTS) is 1. The molecule has 8 N–H and O–H groups in total. The number of nitrogens with zero attached hydrogens (tertiary/aromatic N) is 1. The van der Waals surface area contributed by atoms with Gasteiger partial charge in [-0.05, 0) is 31.4 Å². The van der Waals surface area contributed by atoms with Crippen molar-refractivity contribution in [2.24, 2.45) is 11.5 Å². The summed E-state index contributed by atoms with van der Waals surface area (Å²) in [7, 11) is 0. The van der Waals surface area contributed by atoms with Gasteiger partial charge in [0.05, 0.1) is 12.3 Å². The molecule has 2 amide bonds. The van der Waals surface area contributed by atoms with E-state index in [-0.39, 0.29) is 30.6 Å². The van der Waals surface area contributed by atoms with Crippen LogP contribution >= 0.6 is 0 Å². The first kappa shape index (κ1) is 23.9. The van der Waals surface area contributed by atoms with E-state index < -0.39 is 18.1 Å². The molecular formula is C20H30N6O5. The zero-order valence-corrected chi connectivity index (χ0v) is 17.3. The van der Waals surface area contributed by atoms with Gasteiger partial charge < -0.3 is 36.5 Å². The van der Waals surface area contributed by atoms with E-state index in [1.54, 1.807) is 17.0 Å². The molecule has 0 bridgehead atoms. The molecule has 1 aliphatic heterocycles. The summed E-state index contributed by atoms with van der Waals surface area (Å²) in [6.07, 6.45) is 5.03. The fraction of sp³-hybridized carbons (Fsp3) is 0.500. The highest BCUT2D eigenvalue weighted by atomic mass is 16.4. The second-order valence-electron chi connectivity index (χ2n) is 7.43. The van der Waals surface area contributed by atoms with Gasteiger partial charge in [0, 0.05) is 32.5 Å². The maximum Gasteiger partial charge on any atom is 0.326 e. The highest BCUT2D eigenvalue weighted by molar-refractivity contribution is 5.84. The lowest BCUT2D eigenvalue weighted by atomic mass is 10.1. The Kier molecular flexibility index (Phi) is 9.07. The fourth-order valence-electron chi connectivity index (χ4n) is 3.17. The van der Waals surface area contributed by atoms with Crippen LogP contribution in [0.2, 0.25) is 0 Å². The van der Waals surface area contributed by atoms with Crippen LogP contribution in [-0.4, -0.2) is 65.5 Å². The lowest BCUT2D eigenvalue weighted by molar-refractivity contribution is -0.141. The van der Waals surface area contributed by atoms with Gasteiger partial charge in [-0.1, -0.05) is 11.6 Å². The number of rotatable bonds is 12. The average molecular weight is 434 g/mol. The Balaban J connectivity index is 1.60. The zero-order valence-electron chi connectivity index (χ0n) is 17.3. The minimum atomic E-state index is -1.13. The molecular weight excluding hydrogens is 404 g/mol. The van der Waals surface area contributed by atoms with E-state index in [0.717, 1.165) is 5.57 Å². The standard InChI is InChI=1S/C20H30N6O5/c21-15(10-13-6-8-26(12-13)20(22)23)18(28)24-7-2-1-5-17(27)25-16(19(29)30)11-14-4-3-9-31-14/h3-4,6,9,15-16H,1-2,5,7-8,10-12,21H2,(H3,22,23)(H,24,28)(H,25,27)(H,29,30). The first-order chi connectivity index (χ1) is 14.8. The predicted molar refractivity (Wildman–Crippen MR) is 113 cm³/mol. The van der Waals surface area contributed by atoms with Crippen LogP contribution in [0.15, 0.2) is 34.5 Å². The molecule has 2 heterocycles. The number of carboxylic acids is 1. The summed E-state index contributed by atoms with van der Waals surface area (Å²) in [5.74, 6) is -1.31. The molecule has 2 rings (SSSR count). The molecule has 2 unspecified atom stereocenters. The summed E-state index contributed by atoms with van der Waals surface area (Å²) < 4.78 is 5.12.